The van der Waals surface area contributed by atoms with E-state index in [9.17, 15) is 9.18 Å². The van der Waals surface area contributed by atoms with Gasteiger partial charge >= 0.3 is 6.01 Å². The molecule has 33 heavy (non-hydrogen) atoms. The van der Waals surface area contributed by atoms with Crippen LogP contribution in [0.5, 0.6) is 0 Å². The number of aromatic nitrogens is 2. The van der Waals surface area contributed by atoms with Crippen LogP contribution in [-0.2, 0) is 6.42 Å². The van der Waals surface area contributed by atoms with Crippen LogP contribution in [0.1, 0.15) is 48.5 Å². The van der Waals surface area contributed by atoms with E-state index in [1.165, 1.54) is 44.5 Å². The van der Waals surface area contributed by atoms with Crippen LogP contribution in [0.4, 0.5) is 16.1 Å². The van der Waals surface area contributed by atoms with E-state index in [0.29, 0.717) is 24.0 Å². The first-order valence-electron chi connectivity index (χ1n) is 11.6. The lowest BCUT2D eigenvalue weighted by Gasteiger charge is -2.26. The van der Waals surface area contributed by atoms with E-state index in [1.807, 2.05) is 19.1 Å². The van der Waals surface area contributed by atoms with Crippen molar-refractivity contribution >= 4 is 17.6 Å². The lowest BCUT2D eigenvalue weighted by atomic mass is 10.1. The average Bonchev–Trinajstić information content (AvgIpc) is 3.32. The summed E-state index contributed by atoms with van der Waals surface area (Å²) in [7, 11) is 0. The predicted octanol–water partition coefficient (Wildman–Crippen LogP) is 4.98. The number of hydrogen-bond acceptors (Lipinski definition) is 6. The number of carbonyl (C=O) groups is 1. The Hall–Kier alpha value is -3.26. The molecule has 0 aliphatic carbocycles. The highest BCUT2D eigenvalue weighted by atomic mass is 19.1. The lowest BCUT2D eigenvalue weighted by Crippen LogP contribution is -2.31. The van der Waals surface area contributed by atoms with Gasteiger partial charge < -0.3 is 20.0 Å². The molecule has 7 nitrogen and oxygen atoms in total. The topological polar surface area (TPSA) is 83.3 Å². The summed E-state index contributed by atoms with van der Waals surface area (Å²) in [5.74, 6) is -0.619. The molecule has 1 aromatic heterocycles. The molecule has 8 heteroatoms. The number of piperidine rings is 1. The quantitative estimate of drug-likeness (QED) is 0.447. The fourth-order valence-corrected chi connectivity index (χ4v) is 4.07. The number of nitrogens with one attached hydrogen (secondary N) is 2. The van der Waals surface area contributed by atoms with Crippen molar-refractivity contribution in [1.29, 1.82) is 0 Å². The molecule has 1 saturated heterocycles. The molecule has 2 heterocycles. The van der Waals surface area contributed by atoms with Gasteiger partial charge in [0.05, 0.1) is 5.56 Å². The second-order valence-electron chi connectivity index (χ2n) is 8.25. The van der Waals surface area contributed by atoms with Crippen LogP contribution < -0.4 is 10.6 Å². The van der Waals surface area contributed by atoms with Crippen LogP contribution in [-0.4, -0.2) is 47.2 Å². The highest BCUT2D eigenvalue weighted by Crippen LogP contribution is 2.26. The van der Waals surface area contributed by atoms with Gasteiger partial charge in [-0.25, -0.2) is 4.39 Å². The molecule has 0 saturated carbocycles. The summed E-state index contributed by atoms with van der Waals surface area (Å²) >= 11 is 0. The third-order valence-corrected chi connectivity index (χ3v) is 5.90. The van der Waals surface area contributed by atoms with Crippen molar-refractivity contribution < 1.29 is 13.6 Å². The van der Waals surface area contributed by atoms with E-state index in [0.717, 1.165) is 30.6 Å². The smallest absolute Gasteiger partial charge is 0.315 e. The summed E-state index contributed by atoms with van der Waals surface area (Å²) in [5, 5.41) is 14.3. The maximum absolute atomic E-state index is 13.9. The normalized spacial score (nSPS) is 14.2. The van der Waals surface area contributed by atoms with Crippen molar-refractivity contribution in [2.75, 3.05) is 36.8 Å². The van der Waals surface area contributed by atoms with Crippen molar-refractivity contribution in [2.45, 2.75) is 39.0 Å². The van der Waals surface area contributed by atoms with Gasteiger partial charge in [0, 0.05) is 17.8 Å². The number of nitrogens with zero attached hydrogens (tertiary/aromatic N) is 3. The first kappa shape index (κ1) is 22.9. The van der Waals surface area contributed by atoms with Crippen LogP contribution in [0, 0.1) is 5.82 Å². The number of carbonyl (C=O) groups excluding carboxylic acids is 1. The lowest BCUT2D eigenvalue weighted by molar-refractivity contribution is 0.102. The number of benzene rings is 2. The van der Waals surface area contributed by atoms with Crippen LogP contribution in [0.2, 0.25) is 0 Å². The monoisotopic (exact) mass is 451 g/mol. The predicted molar refractivity (Wildman–Crippen MR) is 127 cm³/mol. The molecule has 4 rings (SSSR count). The number of aryl methyl sites for hydroxylation is 1. The van der Waals surface area contributed by atoms with E-state index < -0.39 is 11.7 Å². The van der Waals surface area contributed by atoms with Gasteiger partial charge in [-0.15, -0.1) is 5.10 Å². The Kier molecular flexibility index (Phi) is 7.67. The van der Waals surface area contributed by atoms with Crippen LogP contribution in [0.25, 0.3) is 11.5 Å². The summed E-state index contributed by atoms with van der Waals surface area (Å²) in [4.78, 5) is 15.0. The summed E-state index contributed by atoms with van der Waals surface area (Å²) in [6, 6.07) is 11.8. The van der Waals surface area contributed by atoms with Crippen molar-refractivity contribution in [3.63, 3.8) is 0 Å². The molecular formula is C25H30FN5O2. The number of anilines is 2. The Morgan fingerprint density at radius 2 is 1.94 bits per heavy atom. The van der Waals surface area contributed by atoms with E-state index in [1.54, 1.807) is 18.2 Å². The Labute approximate surface area is 193 Å². The Bertz CT molecular complexity index is 1080. The molecule has 1 aliphatic heterocycles. The molecular weight excluding hydrogens is 421 g/mol. The van der Waals surface area contributed by atoms with Gasteiger partial charge in [-0.1, -0.05) is 30.6 Å². The van der Waals surface area contributed by atoms with Crippen molar-refractivity contribution in [3.05, 3.63) is 59.4 Å². The number of halogens is 1. The molecule has 2 aromatic carbocycles. The number of amides is 1. The Morgan fingerprint density at radius 3 is 2.73 bits per heavy atom. The standard InChI is InChI=1S/C25H30FN5O2/c1-2-18-17-19(11-12-22(18)28-23(32)20-9-4-5-10-21(20)26)24-29-30-25(33-24)27-13-8-16-31-14-6-3-7-15-31/h4-5,9-12,17H,2-3,6-8,13-16H2,1H3,(H,27,30)(H,28,32). The largest absolute Gasteiger partial charge is 0.403 e. The first-order chi connectivity index (χ1) is 16.1. The minimum atomic E-state index is -0.550. The zero-order valence-electron chi connectivity index (χ0n) is 18.9. The highest BCUT2D eigenvalue weighted by molar-refractivity contribution is 6.04. The molecule has 3 aromatic rings. The molecule has 2 N–H and O–H groups in total. The third kappa shape index (κ3) is 5.96. The van der Waals surface area contributed by atoms with Gasteiger partial charge in [0.15, 0.2) is 0 Å². The molecule has 1 fully saturated rings. The second-order valence-corrected chi connectivity index (χ2v) is 8.25. The fourth-order valence-electron chi connectivity index (χ4n) is 4.07. The number of rotatable bonds is 9. The molecule has 0 radical (unpaired) electrons. The van der Waals surface area contributed by atoms with Crippen LogP contribution in [0.15, 0.2) is 46.9 Å². The maximum atomic E-state index is 13.9. The third-order valence-electron chi connectivity index (χ3n) is 5.90. The minimum Gasteiger partial charge on any atom is -0.403 e. The fraction of sp³-hybridized carbons (Fsp3) is 0.400. The highest BCUT2D eigenvalue weighted by Gasteiger charge is 2.15. The molecule has 0 unspecified atom stereocenters. The van der Waals surface area contributed by atoms with Crippen LogP contribution in [0.3, 0.4) is 0 Å². The average molecular weight is 452 g/mol. The molecule has 0 bridgehead atoms. The zero-order chi connectivity index (χ0) is 23.0. The van der Waals surface area contributed by atoms with Crippen LogP contribution >= 0.6 is 0 Å². The van der Waals surface area contributed by atoms with Gasteiger partial charge in [-0.2, -0.15) is 0 Å². The summed E-state index contributed by atoms with van der Waals surface area (Å²) in [5.41, 5.74) is 2.30. The van der Waals surface area contributed by atoms with E-state index >= 15 is 0 Å². The molecule has 174 valence electrons. The summed E-state index contributed by atoms with van der Waals surface area (Å²) in [6.07, 6.45) is 5.64. The van der Waals surface area contributed by atoms with Gasteiger partial charge in [0.25, 0.3) is 5.91 Å². The first-order valence-corrected chi connectivity index (χ1v) is 11.6. The van der Waals surface area contributed by atoms with Gasteiger partial charge in [0.2, 0.25) is 5.89 Å². The minimum absolute atomic E-state index is 0.0107. The maximum Gasteiger partial charge on any atom is 0.315 e. The summed E-state index contributed by atoms with van der Waals surface area (Å²) < 4.78 is 19.7. The number of hydrogen-bond donors (Lipinski definition) is 2. The van der Waals surface area contributed by atoms with E-state index in [-0.39, 0.29) is 5.56 Å². The Morgan fingerprint density at radius 1 is 1.12 bits per heavy atom. The molecule has 1 amide bonds. The SMILES string of the molecule is CCc1cc(-c2nnc(NCCCN3CCCCC3)o2)ccc1NC(=O)c1ccccc1F. The van der Waals surface area contributed by atoms with Gasteiger partial charge in [0.1, 0.15) is 5.82 Å². The summed E-state index contributed by atoms with van der Waals surface area (Å²) in [6.45, 7) is 6.23. The van der Waals surface area contributed by atoms with E-state index in [4.69, 9.17) is 4.42 Å². The van der Waals surface area contributed by atoms with Gasteiger partial charge in [-0.05, 0) is 81.2 Å². The van der Waals surface area contributed by atoms with Crippen molar-refractivity contribution in [2.24, 2.45) is 0 Å². The van der Waals surface area contributed by atoms with Crippen molar-refractivity contribution in [1.82, 2.24) is 15.1 Å². The molecule has 0 atom stereocenters. The zero-order valence-corrected chi connectivity index (χ0v) is 18.9. The molecule has 1 aliphatic rings. The Balaban J connectivity index is 1.36. The van der Waals surface area contributed by atoms with Gasteiger partial charge in [-0.3, -0.25) is 4.79 Å². The second kappa shape index (κ2) is 11.0. The van der Waals surface area contributed by atoms with Crippen molar-refractivity contribution in [3.8, 4) is 11.5 Å². The molecule has 0 spiro atoms. The van der Waals surface area contributed by atoms with E-state index in [2.05, 4.69) is 25.7 Å². The number of likely N-dealkylation sites (tertiary alicyclic amines) is 1.